The fourth-order valence-corrected chi connectivity index (χ4v) is 3.42. The molecule has 0 aromatic carbocycles. The Kier molecular flexibility index (Phi) is 6.02. The summed E-state index contributed by atoms with van der Waals surface area (Å²) in [5.74, 6) is 1.57. The largest absolute Gasteiger partial charge is 0.392 e. The quantitative estimate of drug-likeness (QED) is 0.745. The highest BCUT2D eigenvalue weighted by atomic mass is 16.3. The van der Waals surface area contributed by atoms with Gasteiger partial charge in [-0.2, -0.15) is 0 Å². The van der Waals surface area contributed by atoms with Crippen molar-refractivity contribution in [3.05, 3.63) is 0 Å². The summed E-state index contributed by atoms with van der Waals surface area (Å²) >= 11 is 0. The number of hydrogen-bond donors (Lipinski definition) is 2. The van der Waals surface area contributed by atoms with Gasteiger partial charge in [0.15, 0.2) is 0 Å². The number of piperidine rings is 1. The third kappa shape index (κ3) is 4.66. The number of nitrogens with zero attached hydrogens (tertiary/aromatic N) is 2. The van der Waals surface area contributed by atoms with Gasteiger partial charge in [-0.05, 0) is 57.8 Å². The number of carbonyl (C=O) groups excluding carboxylic acids is 1. The van der Waals surface area contributed by atoms with Gasteiger partial charge >= 0.3 is 0 Å². The second kappa shape index (κ2) is 7.56. The molecular formula is C16H31N3O2. The van der Waals surface area contributed by atoms with Crippen molar-refractivity contribution in [3.63, 3.8) is 0 Å². The minimum absolute atomic E-state index is 0.145. The fourth-order valence-electron chi connectivity index (χ4n) is 3.42. The second-order valence-corrected chi connectivity index (χ2v) is 7.02. The third-order valence-corrected chi connectivity index (χ3v) is 5.05. The van der Waals surface area contributed by atoms with E-state index in [0.717, 1.165) is 52.1 Å². The Balaban J connectivity index is 1.71. The summed E-state index contributed by atoms with van der Waals surface area (Å²) in [7, 11) is 1.95. The standard InChI is InChI=1S/C16H31N3O2/c1-12(20)10-19-6-4-14(5-7-19)11-18(3)16(21)13(2)15-8-17-9-15/h12-15,17,20H,4-11H2,1-3H3. The van der Waals surface area contributed by atoms with Crippen LogP contribution < -0.4 is 5.32 Å². The zero-order chi connectivity index (χ0) is 15.4. The van der Waals surface area contributed by atoms with Crippen LogP contribution in [-0.4, -0.2) is 73.2 Å². The van der Waals surface area contributed by atoms with Crippen LogP contribution in [0.15, 0.2) is 0 Å². The molecule has 0 aliphatic carbocycles. The number of nitrogens with one attached hydrogen (secondary N) is 1. The van der Waals surface area contributed by atoms with E-state index in [1.807, 2.05) is 18.9 Å². The summed E-state index contributed by atoms with van der Waals surface area (Å²) in [5.41, 5.74) is 0. The van der Waals surface area contributed by atoms with Gasteiger partial charge in [-0.15, -0.1) is 0 Å². The van der Waals surface area contributed by atoms with E-state index in [0.29, 0.717) is 17.7 Å². The lowest BCUT2D eigenvalue weighted by Gasteiger charge is -2.37. The van der Waals surface area contributed by atoms with Gasteiger partial charge in [0.1, 0.15) is 0 Å². The van der Waals surface area contributed by atoms with E-state index in [4.69, 9.17) is 0 Å². The van der Waals surface area contributed by atoms with Crippen molar-refractivity contribution >= 4 is 5.91 Å². The number of rotatable bonds is 6. The molecule has 1 amide bonds. The molecule has 2 atom stereocenters. The van der Waals surface area contributed by atoms with E-state index in [1.165, 1.54) is 0 Å². The maximum atomic E-state index is 12.4. The number of likely N-dealkylation sites (tertiary alicyclic amines) is 1. The first-order valence-electron chi connectivity index (χ1n) is 8.33. The molecule has 5 heteroatoms. The lowest BCUT2D eigenvalue weighted by molar-refractivity contribution is -0.136. The van der Waals surface area contributed by atoms with E-state index >= 15 is 0 Å². The zero-order valence-corrected chi connectivity index (χ0v) is 13.7. The molecular weight excluding hydrogens is 266 g/mol. The Morgan fingerprint density at radius 3 is 2.43 bits per heavy atom. The summed E-state index contributed by atoms with van der Waals surface area (Å²) in [4.78, 5) is 16.7. The van der Waals surface area contributed by atoms with Crippen molar-refractivity contribution in [2.24, 2.45) is 17.8 Å². The van der Waals surface area contributed by atoms with Crippen LogP contribution in [0.3, 0.4) is 0 Å². The molecule has 0 spiro atoms. The summed E-state index contributed by atoms with van der Waals surface area (Å²) in [6.45, 7) is 9.61. The van der Waals surface area contributed by atoms with Crippen LogP contribution in [0.1, 0.15) is 26.7 Å². The number of hydrogen-bond acceptors (Lipinski definition) is 4. The number of β-amino-alcohol motifs (C(OH)–C–C–N with tert-alkyl or cyclic N) is 1. The molecule has 2 aliphatic heterocycles. The molecule has 2 unspecified atom stereocenters. The Hall–Kier alpha value is -0.650. The molecule has 21 heavy (non-hydrogen) atoms. The minimum atomic E-state index is -0.247. The molecule has 0 aromatic rings. The topological polar surface area (TPSA) is 55.8 Å². The molecule has 0 saturated carbocycles. The second-order valence-electron chi connectivity index (χ2n) is 7.02. The molecule has 2 rings (SSSR count). The van der Waals surface area contributed by atoms with Gasteiger partial charge in [-0.3, -0.25) is 4.79 Å². The van der Waals surface area contributed by atoms with Crippen LogP contribution in [0.25, 0.3) is 0 Å². The number of aliphatic hydroxyl groups is 1. The number of aliphatic hydroxyl groups excluding tert-OH is 1. The Bertz CT molecular complexity index is 336. The van der Waals surface area contributed by atoms with E-state index in [1.54, 1.807) is 0 Å². The van der Waals surface area contributed by atoms with Crippen molar-refractivity contribution in [2.45, 2.75) is 32.8 Å². The SMILES string of the molecule is CC(O)CN1CCC(CN(C)C(=O)C(C)C2CNC2)CC1. The van der Waals surface area contributed by atoms with Gasteiger partial charge in [0, 0.05) is 26.1 Å². The van der Waals surface area contributed by atoms with E-state index in [2.05, 4.69) is 17.1 Å². The first-order valence-corrected chi connectivity index (χ1v) is 8.33. The number of amides is 1. The maximum Gasteiger partial charge on any atom is 0.225 e. The first kappa shape index (κ1) is 16.7. The highest BCUT2D eigenvalue weighted by Gasteiger charge is 2.31. The highest BCUT2D eigenvalue weighted by molar-refractivity contribution is 5.78. The summed E-state index contributed by atoms with van der Waals surface area (Å²) < 4.78 is 0. The maximum absolute atomic E-state index is 12.4. The van der Waals surface area contributed by atoms with Gasteiger partial charge < -0.3 is 20.2 Å². The van der Waals surface area contributed by atoms with Gasteiger partial charge in [0.25, 0.3) is 0 Å². The summed E-state index contributed by atoms with van der Waals surface area (Å²) in [5, 5.41) is 12.7. The van der Waals surface area contributed by atoms with Crippen LogP contribution in [0.2, 0.25) is 0 Å². The van der Waals surface area contributed by atoms with Crippen LogP contribution >= 0.6 is 0 Å². The van der Waals surface area contributed by atoms with E-state index in [-0.39, 0.29) is 12.0 Å². The smallest absolute Gasteiger partial charge is 0.225 e. The third-order valence-electron chi connectivity index (χ3n) is 5.05. The Morgan fingerprint density at radius 2 is 1.95 bits per heavy atom. The predicted octanol–water partition coefficient (Wildman–Crippen LogP) is 0.393. The van der Waals surface area contributed by atoms with Crippen LogP contribution in [0.4, 0.5) is 0 Å². The minimum Gasteiger partial charge on any atom is -0.392 e. The highest BCUT2D eigenvalue weighted by Crippen LogP contribution is 2.21. The summed E-state index contributed by atoms with van der Waals surface area (Å²) in [6, 6.07) is 0. The average molecular weight is 297 g/mol. The van der Waals surface area contributed by atoms with Crippen LogP contribution in [0.5, 0.6) is 0 Å². The molecule has 2 N–H and O–H groups in total. The monoisotopic (exact) mass is 297 g/mol. The van der Waals surface area contributed by atoms with Crippen molar-refractivity contribution in [1.29, 1.82) is 0 Å². The van der Waals surface area contributed by atoms with Gasteiger partial charge in [-0.1, -0.05) is 6.92 Å². The fraction of sp³-hybridized carbons (Fsp3) is 0.938. The van der Waals surface area contributed by atoms with Gasteiger partial charge in [-0.25, -0.2) is 0 Å². The zero-order valence-electron chi connectivity index (χ0n) is 13.7. The van der Waals surface area contributed by atoms with E-state index < -0.39 is 0 Å². The molecule has 122 valence electrons. The molecule has 0 aromatic heterocycles. The van der Waals surface area contributed by atoms with Crippen LogP contribution in [0, 0.1) is 17.8 Å². The molecule has 0 bridgehead atoms. The van der Waals surface area contributed by atoms with Crippen molar-refractivity contribution in [3.8, 4) is 0 Å². The molecule has 2 fully saturated rings. The summed E-state index contributed by atoms with van der Waals surface area (Å²) in [6.07, 6.45) is 2.01. The predicted molar refractivity (Wildman–Crippen MR) is 84.0 cm³/mol. The van der Waals surface area contributed by atoms with Gasteiger partial charge in [0.05, 0.1) is 6.10 Å². The van der Waals surface area contributed by atoms with Crippen LogP contribution in [-0.2, 0) is 4.79 Å². The first-order chi connectivity index (χ1) is 9.97. The number of carbonyl (C=O) groups is 1. The van der Waals surface area contributed by atoms with Crippen molar-refractivity contribution in [1.82, 2.24) is 15.1 Å². The molecule has 2 heterocycles. The van der Waals surface area contributed by atoms with E-state index in [9.17, 15) is 9.90 Å². The lowest BCUT2D eigenvalue weighted by atomic mass is 9.87. The molecule has 0 radical (unpaired) electrons. The molecule has 2 aliphatic rings. The lowest BCUT2D eigenvalue weighted by Crippen LogP contribution is -2.50. The molecule has 5 nitrogen and oxygen atoms in total. The average Bonchev–Trinajstić information content (AvgIpc) is 2.37. The van der Waals surface area contributed by atoms with Crippen molar-refractivity contribution in [2.75, 3.05) is 46.3 Å². The van der Waals surface area contributed by atoms with Gasteiger partial charge in [0.2, 0.25) is 5.91 Å². The normalized spacial score (nSPS) is 24.4. The van der Waals surface area contributed by atoms with Crippen molar-refractivity contribution < 1.29 is 9.90 Å². The Morgan fingerprint density at radius 1 is 1.33 bits per heavy atom. The Labute approximate surface area is 128 Å². The molecule has 2 saturated heterocycles.